The second-order valence-electron chi connectivity index (χ2n) is 1.35. The van der Waals surface area contributed by atoms with Crippen LogP contribution in [0.15, 0.2) is 0 Å². The summed E-state index contributed by atoms with van der Waals surface area (Å²) in [6.07, 6.45) is 6.87. The third kappa shape index (κ3) is 5.52. The van der Waals surface area contributed by atoms with Crippen LogP contribution in [-0.4, -0.2) is 13.6 Å². The number of rotatable bonds is 3. The predicted octanol–water partition coefficient (Wildman–Crippen LogP) is 0.634. The molecule has 7 heavy (non-hydrogen) atoms. The summed E-state index contributed by atoms with van der Waals surface area (Å²) in [5.41, 5.74) is 0. The van der Waals surface area contributed by atoms with Crippen LogP contribution in [-0.2, 0) is 0 Å². The van der Waals surface area contributed by atoms with Gasteiger partial charge in [0.05, 0.1) is 0 Å². The lowest BCUT2D eigenvalue weighted by Gasteiger charge is -1.87. The Morgan fingerprint density at radius 3 is 2.86 bits per heavy atom. The Morgan fingerprint density at radius 1 is 1.71 bits per heavy atom. The number of hydrogen-bond donors (Lipinski definition) is 0. The van der Waals surface area contributed by atoms with Crippen molar-refractivity contribution in [1.29, 1.82) is 0 Å². The lowest BCUT2D eigenvalue weighted by molar-refractivity contribution is 0.730. The van der Waals surface area contributed by atoms with Gasteiger partial charge in [0, 0.05) is 20.0 Å². The van der Waals surface area contributed by atoms with E-state index in [2.05, 4.69) is 11.2 Å². The second-order valence-corrected chi connectivity index (χ2v) is 1.35. The Hall–Kier alpha value is -0.480. The average Bonchev–Trinajstić information content (AvgIpc) is 1.69. The van der Waals surface area contributed by atoms with E-state index in [4.69, 9.17) is 6.42 Å². The zero-order valence-corrected chi connectivity index (χ0v) is 4.65. The fourth-order valence-corrected chi connectivity index (χ4v) is 0.339. The molecule has 0 rings (SSSR count). The monoisotopic (exact) mass is 96.1 g/mol. The van der Waals surface area contributed by atoms with Crippen molar-refractivity contribution in [2.24, 2.45) is 0 Å². The predicted molar refractivity (Wildman–Crippen MR) is 31.0 cm³/mol. The normalized spacial score (nSPS) is 8.00. The van der Waals surface area contributed by atoms with Crippen LogP contribution in [0.4, 0.5) is 0 Å². The van der Waals surface area contributed by atoms with Gasteiger partial charge in [0.25, 0.3) is 0 Å². The molecule has 1 nitrogen and oxygen atoms in total. The van der Waals surface area contributed by atoms with E-state index < -0.39 is 0 Å². The van der Waals surface area contributed by atoms with Crippen LogP contribution in [0, 0.1) is 12.3 Å². The summed E-state index contributed by atoms with van der Waals surface area (Å²) in [6.45, 7) is 0.907. The van der Waals surface area contributed by atoms with Gasteiger partial charge in [-0.25, -0.2) is 5.32 Å². The van der Waals surface area contributed by atoms with Crippen LogP contribution in [0.1, 0.15) is 12.8 Å². The molecule has 0 amide bonds. The maximum Gasteiger partial charge on any atom is 0.0139 e. The van der Waals surface area contributed by atoms with E-state index in [1.165, 1.54) is 0 Å². The molecule has 0 aliphatic carbocycles. The Balaban J connectivity index is 2.60. The van der Waals surface area contributed by atoms with E-state index in [9.17, 15) is 0 Å². The lowest BCUT2D eigenvalue weighted by atomic mass is 10.3. The minimum absolute atomic E-state index is 0.858. The molecular formula is C6H10N. The van der Waals surface area contributed by atoms with Gasteiger partial charge in [-0.2, -0.15) is 0 Å². The minimum atomic E-state index is 0.858. The molecule has 0 spiro atoms. The Kier molecular flexibility index (Phi) is 5.14. The summed E-state index contributed by atoms with van der Waals surface area (Å²) in [5, 5.41) is 3.88. The Morgan fingerprint density at radius 2 is 2.43 bits per heavy atom. The molecule has 0 aromatic carbocycles. The molecule has 0 heterocycles. The van der Waals surface area contributed by atoms with Crippen LogP contribution in [0.5, 0.6) is 0 Å². The average molecular weight is 96.2 g/mol. The van der Waals surface area contributed by atoms with Crippen LogP contribution < -0.4 is 5.32 Å². The zero-order valence-electron chi connectivity index (χ0n) is 4.65. The van der Waals surface area contributed by atoms with Crippen molar-refractivity contribution in [2.75, 3.05) is 13.6 Å². The number of unbranched alkanes of at least 4 members (excludes halogenated alkanes) is 1. The van der Waals surface area contributed by atoms with E-state index in [1.807, 2.05) is 0 Å². The molecule has 0 atom stereocenters. The first kappa shape index (κ1) is 6.52. The quantitative estimate of drug-likeness (QED) is 0.361. The molecule has 1 radical (unpaired) electrons. The summed E-state index contributed by atoms with van der Waals surface area (Å²) >= 11 is 0. The van der Waals surface area contributed by atoms with Gasteiger partial charge in [0.2, 0.25) is 0 Å². The molecule has 0 unspecified atom stereocenters. The van der Waals surface area contributed by atoms with Crippen molar-refractivity contribution >= 4 is 0 Å². The van der Waals surface area contributed by atoms with E-state index in [-0.39, 0.29) is 0 Å². The van der Waals surface area contributed by atoms with Crippen molar-refractivity contribution in [2.45, 2.75) is 12.8 Å². The SMILES string of the molecule is C#CCCC[N]C. The molecule has 0 aliphatic rings. The third-order valence-electron chi connectivity index (χ3n) is 0.703. The van der Waals surface area contributed by atoms with Gasteiger partial charge >= 0.3 is 0 Å². The Labute approximate surface area is 45.1 Å². The fraction of sp³-hybridized carbons (Fsp3) is 0.667. The third-order valence-corrected chi connectivity index (χ3v) is 0.703. The maximum absolute atomic E-state index is 4.98. The number of hydrogen-bond acceptors (Lipinski definition) is 0. The van der Waals surface area contributed by atoms with Gasteiger partial charge in [0.15, 0.2) is 0 Å². The fourth-order valence-electron chi connectivity index (χ4n) is 0.339. The molecule has 0 aromatic heterocycles. The van der Waals surface area contributed by atoms with Gasteiger partial charge in [-0.3, -0.25) is 0 Å². The van der Waals surface area contributed by atoms with Crippen molar-refractivity contribution in [3.63, 3.8) is 0 Å². The van der Waals surface area contributed by atoms with Crippen LogP contribution >= 0.6 is 0 Å². The molecule has 0 saturated carbocycles. The zero-order chi connectivity index (χ0) is 5.54. The van der Waals surface area contributed by atoms with E-state index in [0.717, 1.165) is 19.4 Å². The molecule has 0 saturated heterocycles. The topological polar surface area (TPSA) is 14.1 Å². The molecule has 0 N–H and O–H groups in total. The van der Waals surface area contributed by atoms with Crippen LogP contribution in [0.2, 0.25) is 0 Å². The molecule has 0 fully saturated rings. The summed E-state index contributed by atoms with van der Waals surface area (Å²) in [7, 11) is 1.80. The summed E-state index contributed by atoms with van der Waals surface area (Å²) in [6, 6.07) is 0. The molecular weight excluding hydrogens is 86.1 g/mol. The van der Waals surface area contributed by atoms with Crippen molar-refractivity contribution in [3.8, 4) is 12.3 Å². The summed E-state index contributed by atoms with van der Waals surface area (Å²) < 4.78 is 0. The highest BCUT2D eigenvalue weighted by Crippen LogP contribution is 1.80. The standard InChI is InChI=1S/C6H10N/c1-3-4-5-6-7-2/h1H,4-6H2,2H3. The van der Waals surface area contributed by atoms with Crippen molar-refractivity contribution in [1.82, 2.24) is 5.32 Å². The first-order chi connectivity index (χ1) is 3.41. The van der Waals surface area contributed by atoms with E-state index in [1.54, 1.807) is 7.05 Å². The molecule has 0 aromatic rings. The van der Waals surface area contributed by atoms with E-state index >= 15 is 0 Å². The first-order valence-corrected chi connectivity index (χ1v) is 2.41. The van der Waals surface area contributed by atoms with Gasteiger partial charge in [-0.15, -0.1) is 12.3 Å². The van der Waals surface area contributed by atoms with Gasteiger partial charge < -0.3 is 0 Å². The van der Waals surface area contributed by atoms with E-state index in [0.29, 0.717) is 0 Å². The smallest absolute Gasteiger partial charge is 0.0139 e. The highest BCUT2D eigenvalue weighted by atomic mass is 14.8. The first-order valence-electron chi connectivity index (χ1n) is 2.41. The summed E-state index contributed by atoms with van der Waals surface area (Å²) in [5.74, 6) is 2.54. The van der Waals surface area contributed by atoms with Crippen molar-refractivity contribution in [3.05, 3.63) is 0 Å². The molecule has 1 heteroatoms. The second kappa shape index (κ2) is 5.52. The highest BCUT2D eigenvalue weighted by Gasteiger charge is 1.77. The molecule has 39 valence electrons. The van der Waals surface area contributed by atoms with Crippen molar-refractivity contribution < 1.29 is 0 Å². The number of nitrogens with zero attached hydrogens (tertiary/aromatic N) is 1. The summed E-state index contributed by atoms with van der Waals surface area (Å²) in [4.78, 5) is 0. The van der Waals surface area contributed by atoms with Gasteiger partial charge in [0.1, 0.15) is 0 Å². The maximum atomic E-state index is 4.98. The largest absolute Gasteiger partial charge is 0.245 e. The van der Waals surface area contributed by atoms with Gasteiger partial charge in [-0.05, 0) is 6.42 Å². The lowest BCUT2D eigenvalue weighted by Crippen LogP contribution is -1.97. The van der Waals surface area contributed by atoms with Crippen LogP contribution in [0.25, 0.3) is 0 Å². The number of terminal acetylenes is 1. The molecule has 0 bridgehead atoms. The molecule has 0 aliphatic heterocycles. The Bertz CT molecular complexity index is 61.1. The van der Waals surface area contributed by atoms with Gasteiger partial charge in [-0.1, -0.05) is 0 Å². The van der Waals surface area contributed by atoms with Crippen LogP contribution in [0.3, 0.4) is 0 Å². The minimum Gasteiger partial charge on any atom is -0.245 e. The highest BCUT2D eigenvalue weighted by molar-refractivity contribution is 4.82.